The van der Waals surface area contributed by atoms with E-state index in [2.05, 4.69) is 16.0 Å². The van der Waals surface area contributed by atoms with Crippen LogP contribution in [-0.2, 0) is 13.1 Å². The molecule has 0 spiro atoms. The fraction of sp³-hybridized carbons (Fsp3) is 0.222. The lowest BCUT2D eigenvalue weighted by molar-refractivity contribution is 0.389. The van der Waals surface area contributed by atoms with E-state index in [0.717, 1.165) is 50.7 Å². The number of fused-ring (bicyclic) bond motifs is 1. The van der Waals surface area contributed by atoms with Gasteiger partial charge in [-0.15, -0.1) is 0 Å². The van der Waals surface area contributed by atoms with Gasteiger partial charge in [0.25, 0.3) is 0 Å². The number of methoxy groups -OCH3 is 4. The van der Waals surface area contributed by atoms with Gasteiger partial charge < -0.3 is 23.8 Å². The Kier molecular flexibility index (Phi) is 6.83. The average molecular weight is 445 g/mol. The monoisotopic (exact) mass is 444 g/mol. The second-order valence-corrected chi connectivity index (χ2v) is 7.56. The summed E-state index contributed by atoms with van der Waals surface area (Å²) in [6.07, 6.45) is 1.85. The van der Waals surface area contributed by atoms with Gasteiger partial charge in [-0.05, 0) is 36.4 Å². The van der Waals surface area contributed by atoms with Crippen LogP contribution in [0, 0.1) is 0 Å². The first-order valence-corrected chi connectivity index (χ1v) is 10.7. The number of ether oxygens (including phenoxy) is 4. The summed E-state index contributed by atoms with van der Waals surface area (Å²) in [6, 6.07) is 22.0. The normalized spacial score (nSPS) is 10.7. The molecule has 0 radical (unpaired) electrons. The minimum absolute atomic E-state index is 0.621. The summed E-state index contributed by atoms with van der Waals surface area (Å²) in [5.41, 5.74) is 4.12. The van der Waals surface area contributed by atoms with Crippen molar-refractivity contribution in [3.63, 3.8) is 0 Å². The van der Waals surface area contributed by atoms with E-state index in [1.807, 2.05) is 66.9 Å². The van der Waals surface area contributed by atoms with Crippen molar-refractivity contribution in [2.45, 2.75) is 13.1 Å². The van der Waals surface area contributed by atoms with E-state index >= 15 is 0 Å². The lowest BCUT2D eigenvalue weighted by atomic mass is 10.1. The van der Waals surface area contributed by atoms with Crippen LogP contribution in [0.25, 0.3) is 10.9 Å². The van der Waals surface area contributed by atoms with Crippen molar-refractivity contribution in [3.8, 4) is 23.0 Å². The number of rotatable bonds is 9. The first-order valence-electron chi connectivity index (χ1n) is 10.7. The molecular formula is C27H28N2O4. The highest BCUT2D eigenvalue weighted by atomic mass is 16.5. The Labute approximate surface area is 194 Å². The molecule has 170 valence electrons. The first-order chi connectivity index (χ1) is 16.2. The highest BCUT2D eigenvalue weighted by molar-refractivity contribution is 5.91. The molecule has 0 saturated carbocycles. The quantitative estimate of drug-likeness (QED) is 0.341. The molecule has 0 aliphatic carbocycles. The fourth-order valence-corrected chi connectivity index (χ4v) is 3.96. The number of aromatic nitrogens is 1. The molecule has 0 saturated heterocycles. The van der Waals surface area contributed by atoms with Gasteiger partial charge in [0.2, 0.25) is 0 Å². The summed E-state index contributed by atoms with van der Waals surface area (Å²) in [4.78, 5) is 6.85. The van der Waals surface area contributed by atoms with Crippen LogP contribution in [0.5, 0.6) is 23.0 Å². The van der Waals surface area contributed by atoms with Gasteiger partial charge in [0, 0.05) is 53.6 Å². The van der Waals surface area contributed by atoms with E-state index < -0.39 is 0 Å². The van der Waals surface area contributed by atoms with Crippen molar-refractivity contribution < 1.29 is 18.9 Å². The molecule has 0 N–H and O–H groups in total. The Bertz CT molecular complexity index is 1180. The number of benzene rings is 3. The van der Waals surface area contributed by atoms with Gasteiger partial charge in [-0.25, -0.2) is 0 Å². The summed E-state index contributed by atoms with van der Waals surface area (Å²) in [7, 11) is 6.66. The van der Waals surface area contributed by atoms with Crippen molar-refractivity contribution in [3.05, 3.63) is 84.1 Å². The third-order valence-electron chi connectivity index (χ3n) is 5.68. The maximum atomic E-state index is 5.68. The summed E-state index contributed by atoms with van der Waals surface area (Å²) in [5.74, 6) is 3.07. The molecule has 6 nitrogen and oxygen atoms in total. The third kappa shape index (κ3) is 4.80. The molecule has 6 heteroatoms. The van der Waals surface area contributed by atoms with Crippen LogP contribution in [-0.4, -0.2) is 33.4 Å². The topological polar surface area (TPSA) is 53.1 Å². The lowest BCUT2D eigenvalue weighted by Gasteiger charge is -2.28. The van der Waals surface area contributed by atoms with Crippen LogP contribution >= 0.6 is 0 Å². The molecule has 4 aromatic rings. The second kappa shape index (κ2) is 10.1. The zero-order valence-electron chi connectivity index (χ0n) is 19.4. The Hall–Kier alpha value is -3.93. The molecule has 0 aliphatic heterocycles. The number of hydrogen-bond donors (Lipinski definition) is 0. The minimum Gasteiger partial charge on any atom is -0.497 e. The maximum absolute atomic E-state index is 5.68. The number of hydrogen-bond acceptors (Lipinski definition) is 6. The molecule has 33 heavy (non-hydrogen) atoms. The summed E-state index contributed by atoms with van der Waals surface area (Å²) < 4.78 is 22.1. The number of nitrogens with zero attached hydrogens (tertiary/aromatic N) is 2. The van der Waals surface area contributed by atoms with Crippen LogP contribution < -0.4 is 23.8 Å². The largest absolute Gasteiger partial charge is 0.497 e. The van der Waals surface area contributed by atoms with E-state index in [-0.39, 0.29) is 0 Å². The molecule has 0 bridgehead atoms. The van der Waals surface area contributed by atoms with E-state index in [1.54, 1.807) is 28.4 Å². The van der Waals surface area contributed by atoms with Gasteiger partial charge in [0.15, 0.2) is 0 Å². The van der Waals surface area contributed by atoms with Crippen LogP contribution in [0.4, 0.5) is 5.69 Å². The predicted octanol–water partition coefficient (Wildman–Crippen LogP) is 5.48. The van der Waals surface area contributed by atoms with E-state index in [9.17, 15) is 0 Å². The highest BCUT2D eigenvalue weighted by Crippen LogP contribution is 2.34. The second-order valence-electron chi connectivity index (χ2n) is 7.56. The first kappa shape index (κ1) is 22.3. The molecule has 0 atom stereocenters. The van der Waals surface area contributed by atoms with Crippen LogP contribution in [0.15, 0.2) is 72.9 Å². The summed E-state index contributed by atoms with van der Waals surface area (Å²) >= 11 is 0. The van der Waals surface area contributed by atoms with E-state index in [1.165, 1.54) is 0 Å². The Morgan fingerprint density at radius 2 is 1.24 bits per heavy atom. The number of para-hydroxylation sites is 1. The van der Waals surface area contributed by atoms with Crippen LogP contribution in [0.2, 0.25) is 0 Å². The Balaban J connectivity index is 1.79. The van der Waals surface area contributed by atoms with Gasteiger partial charge in [0.1, 0.15) is 23.0 Å². The van der Waals surface area contributed by atoms with Gasteiger partial charge >= 0.3 is 0 Å². The summed E-state index contributed by atoms with van der Waals surface area (Å²) in [6.45, 7) is 1.24. The van der Waals surface area contributed by atoms with Gasteiger partial charge in [0.05, 0.1) is 34.0 Å². The number of anilines is 1. The zero-order valence-corrected chi connectivity index (χ0v) is 19.4. The molecule has 3 aromatic carbocycles. The molecule has 4 rings (SSSR count). The standard InChI is InChI=1S/C27H28N2O4/c1-30-21-11-9-19(26(15-21)32-3)17-29(18-20-10-12-22(31-2)16-27(20)33-4)25-13-14-28-24-8-6-5-7-23(24)25/h5-16H,17-18H2,1-4H3. The Morgan fingerprint density at radius 3 is 1.79 bits per heavy atom. The number of pyridine rings is 1. The molecule has 0 aliphatic rings. The van der Waals surface area contributed by atoms with E-state index in [4.69, 9.17) is 18.9 Å². The van der Waals surface area contributed by atoms with Gasteiger partial charge in [-0.2, -0.15) is 0 Å². The van der Waals surface area contributed by atoms with Crippen molar-refractivity contribution >= 4 is 16.6 Å². The highest BCUT2D eigenvalue weighted by Gasteiger charge is 2.17. The molecule has 1 aromatic heterocycles. The molecular weight excluding hydrogens is 416 g/mol. The zero-order chi connectivity index (χ0) is 23.2. The fourth-order valence-electron chi connectivity index (χ4n) is 3.96. The van der Waals surface area contributed by atoms with Crippen molar-refractivity contribution in [1.82, 2.24) is 4.98 Å². The molecule has 0 amide bonds. The average Bonchev–Trinajstić information content (AvgIpc) is 2.88. The van der Waals surface area contributed by atoms with Crippen molar-refractivity contribution in [2.24, 2.45) is 0 Å². The maximum Gasteiger partial charge on any atom is 0.127 e. The predicted molar refractivity (Wildman–Crippen MR) is 131 cm³/mol. The minimum atomic E-state index is 0.621. The van der Waals surface area contributed by atoms with Gasteiger partial charge in [-0.1, -0.05) is 18.2 Å². The smallest absolute Gasteiger partial charge is 0.127 e. The SMILES string of the molecule is COc1ccc(CN(Cc2ccc(OC)cc2OC)c2ccnc3ccccc23)c(OC)c1. The Morgan fingerprint density at radius 1 is 0.667 bits per heavy atom. The van der Waals surface area contributed by atoms with Crippen molar-refractivity contribution in [1.29, 1.82) is 0 Å². The van der Waals surface area contributed by atoms with E-state index in [0.29, 0.717) is 13.1 Å². The molecule has 0 fully saturated rings. The molecule has 0 unspecified atom stereocenters. The van der Waals surface area contributed by atoms with Crippen LogP contribution in [0.1, 0.15) is 11.1 Å². The van der Waals surface area contributed by atoms with Crippen LogP contribution in [0.3, 0.4) is 0 Å². The van der Waals surface area contributed by atoms with Gasteiger partial charge in [-0.3, -0.25) is 4.98 Å². The third-order valence-corrected chi connectivity index (χ3v) is 5.68. The van der Waals surface area contributed by atoms with Crippen molar-refractivity contribution in [2.75, 3.05) is 33.3 Å². The molecule has 1 heterocycles. The lowest BCUT2D eigenvalue weighted by Crippen LogP contribution is -2.23. The summed E-state index contributed by atoms with van der Waals surface area (Å²) in [5, 5.41) is 1.08.